The normalized spacial score (nSPS) is 10.1. The number of methoxy groups -OCH3 is 2. The Balaban J connectivity index is 1.76. The average Bonchev–Trinajstić information content (AvgIpc) is 2.69. The van der Waals surface area contributed by atoms with Crippen LogP contribution in [0.3, 0.4) is 0 Å². The summed E-state index contributed by atoms with van der Waals surface area (Å²) < 4.78 is 10.5. The number of amides is 1. The van der Waals surface area contributed by atoms with Crippen LogP contribution >= 0.6 is 0 Å². The van der Waals surface area contributed by atoms with Gasteiger partial charge in [-0.05, 0) is 30.3 Å². The highest BCUT2D eigenvalue weighted by Crippen LogP contribution is 2.31. The molecule has 1 amide bonds. The summed E-state index contributed by atoms with van der Waals surface area (Å²) >= 11 is 0. The van der Waals surface area contributed by atoms with Gasteiger partial charge in [-0.15, -0.1) is 0 Å². The smallest absolute Gasteiger partial charge is 0.257 e. The van der Waals surface area contributed by atoms with Gasteiger partial charge in [0, 0.05) is 23.6 Å². The summed E-state index contributed by atoms with van der Waals surface area (Å²) in [5, 5.41) is 6.05. The van der Waals surface area contributed by atoms with Gasteiger partial charge in [0.2, 0.25) is 0 Å². The van der Waals surface area contributed by atoms with Gasteiger partial charge in [0.05, 0.1) is 31.7 Å². The maximum atomic E-state index is 12.4. The van der Waals surface area contributed by atoms with Gasteiger partial charge in [0.1, 0.15) is 0 Å². The van der Waals surface area contributed by atoms with Crippen LogP contribution in [0.4, 0.5) is 17.1 Å². The quantitative estimate of drug-likeness (QED) is 0.701. The van der Waals surface area contributed by atoms with Crippen LogP contribution in [0.1, 0.15) is 10.4 Å². The first-order chi connectivity index (χ1) is 12.7. The second kappa shape index (κ2) is 8.02. The fourth-order valence-corrected chi connectivity index (χ4v) is 2.44. The first-order valence-electron chi connectivity index (χ1n) is 8.00. The van der Waals surface area contributed by atoms with Crippen molar-refractivity contribution in [1.82, 2.24) is 4.98 Å². The van der Waals surface area contributed by atoms with E-state index in [0.717, 1.165) is 11.4 Å². The lowest BCUT2D eigenvalue weighted by Crippen LogP contribution is -2.12. The minimum absolute atomic E-state index is 0.223. The Kier molecular flexibility index (Phi) is 5.34. The summed E-state index contributed by atoms with van der Waals surface area (Å²) in [4.78, 5) is 16.5. The second-order valence-corrected chi connectivity index (χ2v) is 5.48. The molecule has 6 heteroatoms. The third-order valence-corrected chi connectivity index (χ3v) is 3.70. The summed E-state index contributed by atoms with van der Waals surface area (Å²) in [5.74, 6) is 1.04. The summed E-state index contributed by atoms with van der Waals surface area (Å²) in [6.07, 6.45) is 3.17. The molecule has 0 unspecified atom stereocenters. The van der Waals surface area contributed by atoms with Gasteiger partial charge >= 0.3 is 0 Å². The highest BCUT2D eigenvalue weighted by Gasteiger charge is 2.09. The molecule has 1 aromatic heterocycles. The van der Waals surface area contributed by atoms with Crippen LogP contribution < -0.4 is 20.1 Å². The Bertz CT molecular complexity index is 898. The molecule has 0 fully saturated rings. The minimum atomic E-state index is -0.223. The Morgan fingerprint density at radius 1 is 0.846 bits per heavy atom. The number of benzene rings is 2. The third kappa shape index (κ3) is 4.10. The van der Waals surface area contributed by atoms with Crippen LogP contribution in [0.2, 0.25) is 0 Å². The van der Waals surface area contributed by atoms with E-state index >= 15 is 0 Å². The van der Waals surface area contributed by atoms with Crippen molar-refractivity contribution < 1.29 is 14.3 Å². The number of nitrogens with zero attached hydrogens (tertiary/aromatic N) is 1. The molecular formula is C20H19N3O3. The maximum absolute atomic E-state index is 12.4. The molecule has 0 spiro atoms. The number of ether oxygens (including phenoxy) is 2. The standard InChI is InChI=1S/C20H19N3O3/c1-25-18-9-8-16(11-19(18)26-2)22-17-10-14(12-21-13-17)20(24)23-15-6-4-3-5-7-15/h3-13,22H,1-2H3,(H,23,24). The van der Waals surface area contributed by atoms with Crippen molar-refractivity contribution in [3.05, 3.63) is 72.6 Å². The first-order valence-corrected chi connectivity index (χ1v) is 8.00. The van der Waals surface area contributed by atoms with E-state index < -0.39 is 0 Å². The number of carbonyl (C=O) groups excluding carboxylic acids is 1. The van der Waals surface area contributed by atoms with E-state index in [2.05, 4.69) is 15.6 Å². The van der Waals surface area contributed by atoms with E-state index in [1.807, 2.05) is 42.5 Å². The summed E-state index contributed by atoms with van der Waals surface area (Å²) in [6, 6.07) is 16.5. The number of pyridine rings is 1. The van der Waals surface area contributed by atoms with Crippen LogP contribution in [-0.2, 0) is 0 Å². The fraction of sp³-hybridized carbons (Fsp3) is 0.100. The highest BCUT2D eigenvalue weighted by atomic mass is 16.5. The lowest BCUT2D eigenvalue weighted by Gasteiger charge is -2.12. The van der Waals surface area contributed by atoms with Crippen molar-refractivity contribution in [2.24, 2.45) is 0 Å². The third-order valence-electron chi connectivity index (χ3n) is 3.70. The molecule has 0 radical (unpaired) electrons. The minimum Gasteiger partial charge on any atom is -0.493 e. The lowest BCUT2D eigenvalue weighted by atomic mass is 10.2. The Hall–Kier alpha value is -3.54. The van der Waals surface area contributed by atoms with E-state index in [9.17, 15) is 4.79 Å². The lowest BCUT2D eigenvalue weighted by molar-refractivity contribution is 0.102. The van der Waals surface area contributed by atoms with Crippen molar-refractivity contribution in [3.63, 3.8) is 0 Å². The molecule has 1 heterocycles. The zero-order chi connectivity index (χ0) is 18.4. The Morgan fingerprint density at radius 2 is 1.62 bits per heavy atom. The van der Waals surface area contributed by atoms with Crippen molar-refractivity contribution in [3.8, 4) is 11.5 Å². The van der Waals surface area contributed by atoms with Crippen LogP contribution in [0.25, 0.3) is 0 Å². The van der Waals surface area contributed by atoms with E-state index in [4.69, 9.17) is 9.47 Å². The maximum Gasteiger partial charge on any atom is 0.257 e. The number of carbonyl (C=O) groups is 1. The number of rotatable bonds is 6. The molecule has 2 aromatic carbocycles. The molecule has 3 rings (SSSR count). The monoisotopic (exact) mass is 349 g/mol. The molecule has 2 N–H and O–H groups in total. The van der Waals surface area contributed by atoms with Gasteiger partial charge in [-0.1, -0.05) is 18.2 Å². The van der Waals surface area contributed by atoms with E-state index in [0.29, 0.717) is 22.7 Å². The van der Waals surface area contributed by atoms with Crippen LogP contribution in [0.15, 0.2) is 67.0 Å². The van der Waals surface area contributed by atoms with Gasteiger partial charge in [-0.3, -0.25) is 9.78 Å². The van der Waals surface area contributed by atoms with E-state index in [1.54, 1.807) is 32.5 Å². The number of para-hydroxylation sites is 1. The van der Waals surface area contributed by atoms with Crippen LogP contribution in [0.5, 0.6) is 11.5 Å². The zero-order valence-electron chi connectivity index (χ0n) is 14.5. The van der Waals surface area contributed by atoms with Gasteiger partial charge in [-0.25, -0.2) is 0 Å². The van der Waals surface area contributed by atoms with Crippen molar-refractivity contribution in [1.29, 1.82) is 0 Å². The van der Waals surface area contributed by atoms with Crippen LogP contribution in [-0.4, -0.2) is 25.1 Å². The highest BCUT2D eigenvalue weighted by molar-refractivity contribution is 6.04. The molecule has 0 aliphatic rings. The van der Waals surface area contributed by atoms with E-state index in [1.165, 1.54) is 6.20 Å². The molecule has 3 aromatic rings. The van der Waals surface area contributed by atoms with Gasteiger partial charge in [-0.2, -0.15) is 0 Å². The number of aromatic nitrogens is 1. The van der Waals surface area contributed by atoms with Gasteiger partial charge in [0.15, 0.2) is 11.5 Å². The molecular weight excluding hydrogens is 330 g/mol. The number of nitrogens with one attached hydrogen (secondary N) is 2. The first kappa shape index (κ1) is 17.3. The molecule has 6 nitrogen and oxygen atoms in total. The molecule has 0 saturated carbocycles. The Morgan fingerprint density at radius 3 is 2.35 bits per heavy atom. The summed E-state index contributed by atoms with van der Waals surface area (Å²) in [6.45, 7) is 0. The molecule has 0 aliphatic heterocycles. The number of hydrogen-bond donors (Lipinski definition) is 2. The Labute approximate surface area is 151 Å². The van der Waals surface area contributed by atoms with Crippen LogP contribution in [0, 0.1) is 0 Å². The molecule has 0 bridgehead atoms. The predicted molar refractivity (Wildman–Crippen MR) is 101 cm³/mol. The van der Waals surface area contributed by atoms with Gasteiger partial charge < -0.3 is 20.1 Å². The molecule has 0 aliphatic carbocycles. The number of hydrogen-bond acceptors (Lipinski definition) is 5. The molecule has 26 heavy (non-hydrogen) atoms. The van der Waals surface area contributed by atoms with Crippen molar-refractivity contribution in [2.75, 3.05) is 24.9 Å². The summed E-state index contributed by atoms with van der Waals surface area (Å²) in [7, 11) is 3.17. The largest absolute Gasteiger partial charge is 0.493 e. The van der Waals surface area contributed by atoms with Gasteiger partial charge in [0.25, 0.3) is 5.91 Å². The van der Waals surface area contributed by atoms with Crippen molar-refractivity contribution in [2.45, 2.75) is 0 Å². The molecule has 0 atom stereocenters. The molecule has 132 valence electrons. The predicted octanol–water partition coefficient (Wildman–Crippen LogP) is 4.09. The second-order valence-electron chi connectivity index (χ2n) is 5.48. The summed E-state index contributed by atoms with van der Waals surface area (Å²) in [5.41, 5.74) is 2.68. The average molecular weight is 349 g/mol. The van der Waals surface area contributed by atoms with E-state index in [-0.39, 0.29) is 5.91 Å². The zero-order valence-corrected chi connectivity index (χ0v) is 14.5. The van der Waals surface area contributed by atoms with Crippen molar-refractivity contribution >= 4 is 23.0 Å². The fourth-order valence-electron chi connectivity index (χ4n) is 2.44. The number of anilines is 3. The SMILES string of the molecule is COc1ccc(Nc2cncc(C(=O)Nc3ccccc3)c2)cc1OC. The molecule has 0 saturated heterocycles. The topological polar surface area (TPSA) is 72.5 Å².